The van der Waals surface area contributed by atoms with Crippen LogP contribution in [-0.4, -0.2) is 46.6 Å². The van der Waals surface area contributed by atoms with Crippen LogP contribution in [-0.2, 0) is 14.3 Å². The number of carbonyl (C=O) groups excluding carboxylic acids is 1. The summed E-state index contributed by atoms with van der Waals surface area (Å²) in [6, 6.07) is 0. The summed E-state index contributed by atoms with van der Waals surface area (Å²) < 4.78 is 4.58. The van der Waals surface area contributed by atoms with Gasteiger partial charge >= 0.3 is 11.9 Å². The number of carboxylic acid groups (broad SMARTS) is 1. The maximum Gasteiger partial charge on any atom is 0.305 e. The molecule has 0 amide bonds. The van der Waals surface area contributed by atoms with Gasteiger partial charge in [0.1, 0.15) is 12.2 Å². The minimum atomic E-state index is -0.744. The van der Waals surface area contributed by atoms with Crippen LogP contribution in [0.2, 0.25) is 0 Å². The maximum atomic E-state index is 10.9. The van der Waals surface area contributed by atoms with E-state index in [9.17, 15) is 19.8 Å². The molecule has 2 unspecified atom stereocenters. The van der Waals surface area contributed by atoms with E-state index >= 15 is 0 Å². The van der Waals surface area contributed by atoms with Gasteiger partial charge < -0.3 is 20.1 Å². The van der Waals surface area contributed by atoms with Gasteiger partial charge in [-0.2, -0.15) is 0 Å². The van der Waals surface area contributed by atoms with Gasteiger partial charge in [0.2, 0.25) is 0 Å². The van der Waals surface area contributed by atoms with Crippen molar-refractivity contribution in [1.82, 2.24) is 0 Å². The van der Waals surface area contributed by atoms with Gasteiger partial charge in [-0.3, -0.25) is 9.59 Å². The standard InChI is InChI=1S/C21H34O3.C20H32O3/c1-3-4-17-20(22)18-15-13-11-9-7-5-6-8-10-12-14-16-19-21(23)24-2;1-2-3-16-19(21)17-14-12-10-8-6-4-5-7-9-11-13-15-18-20(22)23/h20,22H,3-9,11,13-14,16-17,19H2,1-2H3;19,21H,2-8,10,12-13,15-16,18H2,1H3,(H,22,23). The highest BCUT2D eigenvalue weighted by Crippen LogP contribution is 2.08. The quantitative estimate of drug-likeness (QED) is 0.0545. The number of aliphatic hydroxyl groups excluding tert-OH is 2. The molecule has 266 valence electrons. The molecule has 6 heteroatoms. The number of aliphatic carboxylic acids is 1. The van der Waals surface area contributed by atoms with Gasteiger partial charge in [-0.05, 0) is 51.4 Å². The maximum absolute atomic E-state index is 10.9. The average Bonchev–Trinajstić information content (AvgIpc) is 3.06. The van der Waals surface area contributed by atoms with E-state index in [4.69, 9.17) is 5.11 Å². The number of methoxy groups -OCH3 is 1. The molecule has 0 radical (unpaired) electrons. The van der Waals surface area contributed by atoms with E-state index in [1.807, 2.05) is 0 Å². The van der Waals surface area contributed by atoms with E-state index in [1.54, 1.807) is 0 Å². The summed E-state index contributed by atoms with van der Waals surface area (Å²) in [5, 5.41) is 27.6. The SMILES string of the molecule is CCCCC(O)C#CCCCCCCCC#CCCCC(=O)O.CCCCC(O)C#CCCCCCCCC#CCCCC(=O)OC. The summed E-state index contributed by atoms with van der Waals surface area (Å²) in [5.74, 6) is 23.5. The molecule has 47 heavy (non-hydrogen) atoms. The second-order valence-corrected chi connectivity index (χ2v) is 11.9. The molecule has 0 rings (SSSR count). The number of aliphatic hydroxyl groups is 2. The van der Waals surface area contributed by atoms with Gasteiger partial charge in [0.15, 0.2) is 0 Å². The zero-order valence-corrected chi connectivity index (χ0v) is 30.1. The lowest BCUT2D eigenvalue weighted by Gasteiger charge is -2.00. The fourth-order valence-corrected chi connectivity index (χ4v) is 4.34. The lowest BCUT2D eigenvalue weighted by atomic mass is 10.1. The summed E-state index contributed by atoms with van der Waals surface area (Å²) in [5.41, 5.74) is 0. The first-order valence-corrected chi connectivity index (χ1v) is 18.4. The van der Waals surface area contributed by atoms with E-state index in [0.29, 0.717) is 19.3 Å². The Kier molecular flexibility index (Phi) is 38.6. The Morgan fingerprint density at radius 2 is 0.851 bits per heavy atom. The lowest BCUT2D eigenvalue weighted by molar-refractivity contribution is -0.140. The van der Waals surface area contributed by atoms with E-state index in [-0.39, 0.29) is 12.4 Å². The second-order valence-electron chi connectivity index (χ2n) is 11.9. The molecule has 3 N–H and O–H groups in total. The predicted octanol–water partition coefficient (Wildman–Crippen LogP) is 9.15. The molecule has 0 aromatic heterocycles. The first-order valence-electron chi connectivity index (χ1n) is 18.4. The van der Waals surface area contributed by atoms with E-state index in [1.165, 1.54) is 45.6 Å². The highest BCUT2D eigenvalue weighted by atomic mass is 16.5. The largest absolute Gasteiger partial charge is 0.481 e. The summed E-state index contributed by atoms with van der Waals surface area (Å²) in [6.45, 7) is 4.24. The van der Waals surface area contributed by atoms with E-state index in [2.05, 4.69) is 65.9 Å². The van der Waals surface area contributed by atoms with Crippen LogP contribution in [0.1, 0.15) is 181 Å². The van der Waals surface area contributed by atoms with Crippen LogP contribution >= 0.6 is 0 Å². The molecule has 0 heterocycles. The van der Waals surface area contributed by atoms with Crippen molar-refractivity contribution in [1.29, 1.82) is 0 Å². The van der Waals surface area contributed by atoms with Crippen molar-refractivity contribution in [2.75, 3.05) is 7.11 Å². The predicted molar refractivity (Wildman–Crippen MR) is 194 cm³/mol. The van der Waals surface area contributed by atoms with E-state index in [0.717, 1.165) is 103 Å². The third-order valence-electron chi connectivity index (χ3n) is 7.26. The molecular weight excluding hydrogens is 588 g/mol. The van der Waals surface area contributed by atoms with Crippen molar-refractivity contribution in [3.63, 3.8) is 0 Å². The normalized spacial score (nSPS) is 11.0. The number of carboxylic acids is 1. The van der Waals surface area contributed by atoms with Crippen LogP contribution < -0.4 is 0 Å². The molecular formula is C41H66O6. The van der Waals surface area contributed by atoms with Gasteiger partial charge in [0.05, 0.1) is 7.11 Å². The average molecular weight is 655 g/mol. The number of ether oxygens (including phenoxy) is 1. The van der Waals surface area contributed by atoms with E-state index < -0.39 is 18.2 Å². The van der Waals surface area contributed by atoms with Crippen molar-refractivity contribution in [2.24, 2.45) is 0 Å². The summed E-state index contributed by atoms with van der Waals surface area (Å²) in [4.78, 5) is 21.2. The zero-order chi connectivity index (χ0) is 35.1. The number of esters is 1. The fraction of sp³-hybridized carbons (Fsp3) is 0.756. The van der Waals surface area contributed by atoms with Crippen LogP contribution in [0.15, 0.2) is 0 Å². The first-order chi connectivity index (χ1) is 22.9. The molecule has 0 aromatic carbocycles. The number of unbranched alkanes of at least 4 members (excludes halogenated alkanes) is 16. The Bertz CT molecular complexity index is 988. The molecule has 0 fully saturated rings. The summed E-state index contributed by atoms with van der Waals surface area (Å²) in [6.07, 6.45) is 23.9. The number of rotatable bonds is 24. The number of hydrogen-bond donors (Lipinski definition) is 3. The van der Waals surface area contributed by atoms with Gasteiger partial charge in [0, 0.05) is 51.4 Å². The molecule has 0 aliphatic heterocycles. The number of carbonyl (C=O) groups is 2. The minimum absolute atomic E-state index is 0.156. The fourth-order valence-electron chi connectivity index (χ4n) is 4.34. The van der Waals surface area contributed by atoms with Crippen LogP contribution in [0, 0.1) is 47.4 Å². The molecule has 0 aliphatic rings. The molecule has 0 aliphatic carbocycles. The van der Waals surface area contributed by atoms with Gasteiger partial charge in [-0.25, -0.2) is 0 Å². The Morgan fingerprint density at radius 1 is 0.511 bits per heavy atom. The molecule has 2 atom stereocenters. The van der Waals surface area contributed by atoms with Crippen molar-refractivity contribution in [3.8, 4) is 47.4 Å². The highest BCUT2D eigenvalue weighted by Gasteiger charge is 1.98. The highest BCUT2D eigenvalue weighted by molar-refractivity contribution is 5.69. The molecule has 0 saturated carbocycles. The monoisotopic (exact) mass is 654 g/mol. The number of hydrogen-bond acceptors (Lipinski definition) is 5. The van der Waals surface area contributed by atoms with Crippen molar-refractivity contribution in [3.05, 3.63) is 0 Å². The van der Waals surface area contributed by atoms with Crippen LogP contribution in [0.3, 0.4) is 0 Å². The molecule has 0 saturated heterocycles. The summed E-state index contributed by atoms with van der Waals surface area (Å²) >= 11 is 0. The molecule has 0 spiro atoms. The molecule has 6 nitrogen and oxygen atoms in total. The zero-order valence-electron chi connectivity index (χ0n) is 30.1. The Labute approximate surface area is 288 Å². The second kappa shape index (κ2) is 39.3. The van der Waals surface area contributed by atoms with Crippen LogP contribution in [0.5, 0.6) is 0 Å². The van der Waals surface area contributed by atoms with Crippen molar-refractivity contribution >= 4 is 11.9 Å². The third kappa shape index (κ3) is 43.1. The van der Waals surface area contributed by atoms with Gasteiger partial charge in [0.25, 0.3) is 0 Å². The summed E-state index contributed by atoms with van der Waals surface area (Å²) in [7, 11) is 1.41. The van der Waals surface area contributed by atoms with Gasteiger partial charge in [-0.1, -0.05) is 89.9 Å². The molecule has 0 bridgehead atoms. The first kappa shape index (κ1) is 46.2. The Hall–Kier alpha value is -2.90. The van der Waals surface area contributed by atoms with Crippen LogP contribution in [0.25, 0.3) is 0 Å². The Balaban J connectivity index is 0. The lowest BCUT2D eigenvalue weighted by Crippen LogP contribution is -2.01. The van der Waals surface area contributed by atoms with Gasteiger partial charge in [-0.15, -0.1) is 35.5 Å². The van der Waals surface area contributed by atoms with Crippen LogP contribution in [0.4, 0.5) is 0 Å². The Morgan fingerprint density at radius 3 is 1.21 bits per heavy atom. The smallest absolute Gasteiger partial charge is 0.305 e. The van der Waals surface area contributed by atoms with Crippen molar-refractivity contribution in [2.45, 2.75) is 193 Å². The third-order valence-corrected chi connectivity index (χ3v) is 7.26. The van der Waals surface area contributed by atoms with Crippen molar-refractivity contribution < 1.29 is 29.6 Å². The topological polar surface area (TPSA) is 104 Å². The molecule has 0 aromatic rings. The minimum Gasteiger partial charge on any atom is -0.481 e.